The molecule has 1 fully saturated rings. The average Bonchev–Trinajstić information content (AvgIpc) is 2.75. The Hall–Kier alpha value is -0.530. The van der Waals surface area contributed by atoms with Gasteiger partial charge in [-0.3, -0.25) is 0 Å². The van der Waals surface area contributed by atoms with Gasteiger partial charge in [0.2, 0.25) is 10.0 Å². The summed E-state index contributed by atoms with van der Waals surface area (Å²) in [6.07, 6.45) is 3.43. The smallest absolute Gasteiger partial charge is 0.208 e. The highest BCUT2D eigenvalue weighted by Gasteiger charge is 2.26. The van der Waals surface area contributed by atoms with Crippen LogP contribution in [0.25, 0.3) is 0 Å². The van der Waals surface area contributed by atoms with Crippen molar-refractivity contribution in [2.24, 2.45) is 0 Å². The van der Waals surface area contributed by atoms with E-state index in [2.05, 4.69) is 20.7 Å². The van der Waals surface area contributed by atoms with Gasteiger partial charge in [0.1, 0.15) is 16.5 Å². The number of rotatable bonds is 3. The van der Waals surface area contributed by atoms with E-state index < -0.39 is 26.6 Å². The number of hydrogen-bond acceptors (Lipinski definition) is 2. The topological polar surface area (TPSA) is 46.2 Å². The second kappa shape index (κ2) is 5.22. The Bertz CT molecular complexity index is 556. The van der Waals surface area contributed by atoms with Gasteiger partial charge in [-0.25, -0.2) is 21.9 Å². The normalized spacial score (nSPS) is 17.3. The van der Waals surface area contributed by atoms with Crippen LogP contribution in [0.4, 0.5) is 8.78 Å². The van der Waals surface area contributed by atoms with Gasteiger partial charge in [0.15, 0.2) is 0 Å². The molecule has 7 heteroatoms. The quantitative estimate of drug-likeness (QED) is 0.860. The fraction of sp³-hybridized carbons (Fsp3) is 0.455. The second-order valence-corrected chi connectivity index (χ2v) is 6.84. The van der Waals surface area contributed by atoms with Crippen LogP contribution in [-0.4, -0.2) is 14.5 Å². The number of nitrogens with one attached hydrogen (secondary N) is 1. The van der Waals surface area contributed by atoms with Crippen LogP contribution >= 0.6 is 15.9 Å². The van der Waals surface area contributed by atoms with Gasteiger partial charge < -0.3 is 0 Å². The summed E-state index contributed by atoms with van der Waals surface area (Å²) in [5.74, 6) is -1.91. The third-order valence-electron chi connectivity index (χ3n) is 2.94. The van der Waals surface area contributed by atoms with E-state index in [0.29, 0.717) is 6.07 Å². The molecule has 3 nitrogen and oxygen atoms in total. The zero-order valence-electron chi connectivity index (χ0n) is 9.42. The van der Waals surface area contributed by atoms with Crippen molar-refractivity contribution < 1.29 is 17.2 Å². The maximum Gasteiger partial charge on any atom is 0.243 e. The molecule has 18 heavy (non-hydrogen) atoms. The largest absolute Gasteiger partial charge is 0.243 e. The maximum atomic E-state index is 13.5. The highest BCUT2D eigenvalue weighted by Crippen LogP contribution is 2.25. The maximum absolute atomic E-state index is 13.5. The molecule has 1 aromatic rings. The molecule has 100 valence electrons. The van der Waals surface area contributed by atoms with E-state index in [-0.39, 0.29) is 10.5 Å². The summed E-state index contributed by atoms with van der Waals surface area (Å²) in [6.45, 7) is 0. The van der Waals surface area contributed by atoms with Crippen molar-refractivity contribution in [1.82, 2.24) is 4.72 Å². The minimum absolute atomic E-state index is 0.0734. The van der Waals surface area contributed by atoms with Crippen LogP contribution in [0.5, 0.6) is 0 Å². The molecule has 0 bridgehead atoms. The van der Waals surface area contributed by atoms with Gasteiger partial charge in [0.25, 0.3) is 0 Å². The Kier molecular flexibility index (Phi) is 4.03. The van der Waals surface area contributed by atoms with Crippen LogP contribution < -0.4 is 4.72 Å². The molecule has 0 atom stereocenters. The Morgan fingerprint density at radius 2 is 1.78 bits per heavy atom. The summed E-state index contributed by atoms with van der Waals surface area (Å²) >= 11 is 2.85. The molecule has 0 spiro atoms. The molecule has 0 aliphatic heterocycles. The SMILES string of the molecule is O=S(=O)(NC1CCCC1)c1cc(Br)c(F)cc1F. The molecule has 1 aliphatic carbocycles. The molecular formula is C11H12BrF2NO2S. The first-order valence-corrected chi connectivity index (χ1v) is 7.84. The summed E-state index contributed by atoms with van der Waals surface area (Å²) in [5.41, 5.74) is 0. The number of benzene rings is 1. The average molecular weight is 340 g/mol. The molecule has 0 radical (unpaired) electrons. The Morgan fingerprint density at radius 1 is 1.17 bits per heavy atom. The monoisotopic (exact) mass is 339 g/mol. The van der Waals surface area contributed by atoms with Crippen LogP contribution in [0.1, 0.15) is 25.7 Å². The lowest BCUT2D eigenvalue weighted by Crippen LogP contribution is -2.33. The first kappa shape index (κ1) is 13.9. The van der Waals surface area contributed by atoms with Crippen LogP contribution in [0.15, 0.2) is 21.5 Å². The molecular weight excluding hydrogens is 328 g/mol. The van der Waals surface area contributed by atoms with E-state index in [0.717, 1.165) is 31.7 Å². The number of halogens is 3. The van der Waals surface area contributed by atoms with Crippen LogP contribution in [0.3, 0.4) is 0 Å². The summed E-state index contributed by atoms with van der Waals surface area (Å²) < 4.78 is 52.9. The molecule has 0 unspecified atom stereocenters. The van der Waals surface area contributed by atoms with Gasteiger partial charge in [0, 0.05) is 12.1 Å². The van der Waals surface area contributed by atoms with E-state index in [1.54, 1.807) is 0 Å². The summed E-state index contributed by atoms with van der Waals surface area (Å²) in [4.78, 5) is -0.525. The fourth-order valence-corrected chi connectivity index (χ4v) is 3.92. The van der Waals surface area contributed by atoms with Gasteiger partial charge in [-0.15, -0.1) is 0 Å². The molecule has 1 N–H and O–H groups in total. The minimum atomic E-state index is -3.94. The van der Waals surface area contributed by atoms with Gasteiger partial charge in [-0.1, -0.05) is 12.8 Å². The zero-order valence-corrected chi connectivity index (χ0v) is 11.8. The Morgan fingerprint density at radius 3 is 2.39 bits per heavy atom. The molecule has 0 amide bonds. The third kappa shape index (κ3) is 2.89. The summed E-state index contributed by atoms with van der Waals surface area (Å²) in [5, 5.41) is 0. The highest BCUT2D eigenvalue weighted by molar-refractivity contribution is 9.10. The minimum Gasteiger partial charge on any atom is -0.208 e. The molecule has 0 saturated heterocycles. The number of sulfonamides is 1. The number of hydrogen-bond donors (Lipinski definition) is 1. The van der Waals surface area contributed by atoms with E-state index in [1.165, 1.54) is 0 Å². The summed E-state index contributed by atoms with van der Waals surface area (Å²) in [6, 6.07) is 1.35. The van der Waals surface area contributed by atoms with Crippen molar-refractivity contribution in [2.75, 3.05) is 0 Å². The predicted molar refractivity (Wildman–Crippen MR) is 66.6 cm³/mol. The van der Waals surface area contributed by atoms with E-state index >= 15 is 0 Å². The lowest BCUT2D eigenvalue weighted by atomic mass is 10.3. The first-order valence-electron chi connectivity index (χ1n) is 5.57. The molecule has 1 saturated carbocycles. The Labute approximate surface area is 113 Å². The van der Waals surface area contributed by atoms with Crippen molar-refractivity contribution in [3.8, 4) is 0 Å². The van der Waals surface area contributed by atoms with Crippen LogP contribution in [-0.2, 0) is 10.0 Å². The molecule has 1 aliphatic rings. The van der Waals surface area contributed by atoms with Gasteiger partial charge in [0.05, 0.1) is 4.47 Å². The molecule has 1 aromatic carbocycles. The molecule has 0 heterocycles. The van der Waals surface area contributed by atoms with Crippen molar-refractivity contribution in [3.05, 3.63) is 28.2 Å². The standard InChI is InChI=1S/C11H12BrF2NO2S/c12-8-5-11(10(14)6-9(8)13)18(16,17)15-7-3-1-2-4-7/h5-7,15H,1-4H2. The van der Waals surface area contributed by atoms with Crippen molar-refractivity contribution >= 4 is 26.0 Å². The predicted octanol–water partition coefficient (Wildman–Crippen LogP) is 2.95. The van der Waals surface area contributed by atoms with Crippen molar-refractivity contribution in [1.29, 1.82) is 0 Å². The summed E-state index contributed by atoms with van der Waals surface area (Å²) in [7, 11) is -3.94. The van der Waals surface area contributed by atoms with E-state index in [4.69, 9.17) is 0 Å². The molecule has 0 aromatic heterocycles. The van der Waals surface area contributed by atoms with Crippen molar-refractivity contribution in [3.63, 3.8) is 0 Å². The van der Waals surface area contributed by atoms with Crippen LogP contribution in [0, 0.1) is 11.6 Å². The van der Waals surface area contributed by atoms with Gasteiger partial charge in [-0.05, 0) is 34.8 Å². The molecule has 2 rings (SSSR count). The lowest BCUT2D eigenvalue weighted by molar-refractivity contribution is 0.528. The third-order valence-corrected chi connectivity index (χ3v) is 5.08. The highest BCUT2D eigenvalue weighted by atomic mass is 79.9. The fourth-order valence-electron chi connectivity index (χ4n) is 2.04. The van der Waals surface area contributed by atoms with Gasteiger partial charge in [-0.2, -0.15) is 0 Å². The Balaban J connectivity index is 2.31. The van der Waals surface area contributed by atoms with E-state index in [9.17, 15) is 17.2 Å². The van der Waals surface area contributed by atoms with Crippen LogP contribution in [0.2, 0.25) is 0 Å². The van der Waals surface area contributed by atoms with Gasteiger partial charge >= 0.3 is 0 Å². The van der Waals surface area contributed by atoms with Crippen molar-refractivity contribution in [2.45, 2.75) is 36.6 Å². The van der Waals surface area contributed by atoms with E-state index in [1.807, 2.05) is 0 Å². The second-order valence-electron chi connectivity index (χ2n) is 4.30. The lowest BCUT2D eigenvalue weighted by Gasteiger charge is -2.13. The first-order chi connectivity index (χ1) is 8.40. The zero-order chi connectivity index (χ0) is 13.3.